The molecule has 2 aromatic rings. The maximum Gasteiger partial charge on any atom is 0.280 e. The largest absolute Gasteiger partial charge is 0.329 e. The molecule has 0 radical (unpaired) electrons. The van der Waals surface area contributed by atoms with E-state index in [-0.39, 0.29) is 10.8 Å². The summed E-state index contributed by atoms with van der Waals surface area (Å²) in [7, 11) is 1.39. The normalized spacial score (nSPS) is 11.7. The SMILES string of the molecule is Cc1nc(S(=O)(=O)Cl)cn1Cc1ccc(F)cc1. The summed E-state index contributed by atoms with van der Waals surface area (Å²) in [6, 6.07) is 5.95. The number of imidazole rings is 1. The molecule has 0 fully saturated rings. The van der Waals surface area contributed by atoms with Crippen molar-refractivity contribution in [1.29, 1.82) is 0 Å². The first kappa shape index (κ1) is 13.0. The Kier molecular flexibility index (Phi) is 3.41. The molecule has 0 bridgehead atoms. The fourth-order valence-electron chi connectivity index (χ4n) is 1.54. The van der Waals surface area contributed by atoms with Crippen LogP contribution in [0.5, 0.6) is 0 Å². The van der Waals surface area contributed by atoms with Gasteiger partial charge < -0.3 is 4.57 Å². The molecule has 0 amide bonds. The monoisotopic (exact) mass is 288 g/mol. The van der Waals surface area contributed by atoms with Crippen LogP contribution in [0.3, 0.4) is 0 Å². The zero-order chi connectivity index (χ0) is 13.3. The first-order valence-electron chi connectivity index (χ1n) is 5.09. The van der Waals surface area contributed by atoms with Gasteiger partial charge in [0.05, 0.1) is 0 Å². The Morgan fingerprint density at radius 3 is 2.44 bits per heavy atom. The van der Waals surface area contributed by atoms with Gasteiger partial charge in [-0.2, -0.15) is 0 Å². The highest BCUT2D eigenvalue weighted by Crippen LogP contribution is 2.15. The van der Waals surface area contributed by atoms with Crippen molar-refractivity contribution >= 4 is 19.7 Å². The van der Waals surface area contributed by atoms with Crippen LogP contribution in [-0.4, -0.2) is 18.0 Å². The Balaban J connectivity index is 2.30. The molecule has 7 heteroatoms. The molecule has 0 saturated carbocycles. The molecular formula is C11H10ClFN2O2S. The molecule has 1 aromatic heterocycles. The van der Waals surface area contributed by atoms with Crippen molar-refractivity contribution in [2.75, 3.05) is 0 Å². The van der Waals surface area contributed by atoms with E-state index in [1.54, 1.807) is 23.6 Å². The first-order valence-corrected chi connectivity index (χ1v) is 7.40. The Hall–Kier alpha value is -1.40. The summed E-state index contributed by atoms with van der Waals surface area (Å²) in [6.45, 7) is 2.08. The molecule has 1 aromatic carbocycles. The van der Waals surface area contributed by atoms with Crippen molar-refractivity contribution in [3.63, 3.8) is 0 Å². The van der Waals surface area contributed by atoms with E-state index in [1.165, 1.54) is 18.3 Å². The maximum absolute atomic E-state index is 12.7. The molecule has 0 atom stereocenters. The van der Waals surface area contributed by atoms with Gasteiger partial charge in [-0.15, -0.1) is 0 Å². The Bertz CT molecular complexity index is 665. The fraction of sp³-hybridized carbons (Fsp3) is 0.182. The summed E-state index contributed by atoms with van der Waals surface area (Å²) >= 11 is 0. The van der Waals surface area contributed by atoms with E-state index < -0.39 is 9.05 Å². The zero-order valence-corrected chi connectivity index (χ0v) is 11.0. The predicted octanol–water partition coefficient (Wildman–Crippen LogP) is 2.31. The highest BCUT2D eigenvalue weighted by atomic mass is 35.7. The molecule has 0 aliphatic rings. The van der Waals surface area contributed by atoms with Crippen LogP contribution in [0.15, 0.2) is 35.5 Å². The van der Waals surface area contributed by atoms with Gasteiger partial charge in [0.1, 0.15) is 11.6 Å². The van der Waals surface area contributed by atoms with Crippen LogP contribution in [-0.2, 0) is 15.6 Å². The summed E-state index contributed by atoms with van der Waals surface area (Å²) in [5, 5.41) is -0.177. The van der Waals surface area contributed by atoms with Crippen LogP contribution in [0, 0.1) is 12.7 Å². The number of benzene rings is 1. The second-order valence-corrected chi connectivity index (χ2v) is 6.33. The molecule has 0 spiro atoms. The second-order valence-electron chi connectivity index (χ2n) is 3.82. The van der Waals surface area contributed by atoms with Crippen LogP contribution in [0.2, 0.25) is 0 Å². The van der Waals surface area contributed by atoms with Gasteiger partial charge in [-0.05, 0) is 24.6 Å². The van der Waals surface area contributed by atoms with Crippen LogP contribution in [0.4, 0.5) is 4.39 Å². The van der Waals surface area contributed by atoms with Gasteiger partial charge >= 0.3 is 0 Å². The summed E-state index contributed by atoms with van der Waals surface area (Å²) < 4.78 is 36.7. The topological polar surface area (TPSA) is 52.0 Å². The summed E-state index contributed by atoms with van der Waals surface area (Å²) in [5.41, 5.74) is 0.843. The highest BCUT2D eigenvalue weighted by molar-refractivity contribution is 8.13. The van der Waals surface area contributed by atoms with E-state index in [9.17, 15) is 12.8 Å². The molecule has 0 unspecified atom stereocenters. The predicted molar refractivity (Wildman–Crippen MR) is 65.5 cm³/mol. The Morgan fingerprint density at radius 1 is 1.33 bits per heavy atom. The van der Waals surface area contributed by atoms with Gasteiger partial charge in [-0.1, -0.05) is 12.1 Å². The number of halogens is 2. The van der Waals surface area contributed by atoms with Gasteiger partial charge in [-0.25, -0.2) is 17.8 Å². The molecular weight excluding hydrogens is 279 g/mol. The average Bonchev–Trinajstić information content (AvgIpc) is 2.63. The third-order valence-corrected chi connectivity index (χ3v) is 3.64. The van der Waals surface area contributed by atoms with Gasteiger partial charge in [-0.3, -0.25) is 0 Å². The third-order valence-electron chi connectivity index (χ3n) is 2.47. The van der Waals surface area contributed by atoms with Gasteiger partial charge in [0.15, 0.2) is 5.03 Å². The minimum Gasteiger partial charge on any atom is -0.329 e. The fourth-order valence-corrected chi connectivity index (χ4v) is 2.26. The lowest BCUT2D eigenvalue weighted by molar-refractivity contribution is 0.606. The van der Waals surface area contributed by atoms with E-state index in [0.717, 1.165) is 5.56 Å². The van der Waals surface area contributed by atoms with Crippen LogP contribution in [0.25, 0.3) is 0 Å². The number of nitrogens with zero attached hydrogens (tertiary/aromatic N) is 2. The van der Waals surface area contributed by atoms with E-state index in [2.05, 4.69) is 4.98 Å². The van der Waals surface area contributed by atoms with Crippen LogP contribution in [0.1, 0.15) is 11.4 Å². The summed E-state index contributed by atoms with van der Waals surface area (Å²) in [5.74, 6) is 0.212. The van der Waals surface area contributed by atoms with Crippen molar-refractivity contribution < 1.29 is 12.8 Å². The van der Waals surface area contributed by atoms with Crippen molar-refractivity contribution in [2.45, 2.75) is 18.5 Å². The van der Waals surface area contributed by atoms with Crippen molar-refractivity contribution in [2.24, 2.45) is 0 Å². The lowest BCUT2D eigenvalue weighted by atomic mass is 10.2. The molecule has 0 aliphatic carbocycles. The van der Waals surface area contributed by atoms with Crippen LogP contribution >= 0.6 is 10.7 Å². The van der Waals surface area contributed by atoms with Crippen molar-refractivity contribution in [3.8, 4) is 0 Å². The number of rotatable bonds is 3. The Labute approximate surface area is 108 Å². The minimum absolute atomic E-state index is 0.177. The lowest BCUT2D eigenvalue weighted by Crippen LogP contribution is -2.00. The third kappa shape index (κ3) is 2.88. The smallest absolute Gasteiger partial charge is 0.280 e. The molecule has 2 rings (SSSR count). The molecule has 0 N–H and O–H groups in total. The molecule has 1 heterocycles. The summed E-state index contributed by atoms with van der Waals surface area (Å²) in [4.78, 5) is 3.86. The Morgan fingerprint density at radius 2 is 1.94 bits per heavy atom. The standard InChI is InChI=1S/C11H10ClFN2O2S/c1-8-14-11(18(12,16)17)7-15(8)6-9-2-4-10(13)5-3-9/h2-5,7H,6H2,1H3. The molecule has 0 saturated heterocycles. The van der Waals surface area contributed by atoms with Crippen LogP contribution < -0.4 is 0 Å². The quantitative estimate of drug-likeness (QED) is 0.815. The van der Waals surface area contributed by atoms with Gasteiger partial charge in [0.25, 0.3) is 9.05 Å². The number of aromatic nitrogens is 2. The highest BCUT2D eigenvalue weighted by Gasteiger charge is 2.15. The first-order chi connectivity index (χ1) is 8.36. The lowest BCUT2D eigenvalue weighted by Gasteiger charge is -2.04. The molecule has 4 nitrogen and oxygen atoms in total. The van der Waals surface area contributed by atoms with E-state index in [1.807, 2.05) is 0 Å². The minimum atomic E-state index is -3.82. The number of aryl methyl sites for hydroxylation is 1. The second kappa shape index (κ2) is 4.70. The maximum atomic E-state index is 12.7. The average molecular weight is 289 g/mol. The van der Waals surface area contributed by atoms with E-state index >= 15 is 0 Å². The summed E-state index contributed by atoms with van der Waals surface area (Å²) in [6.07, 6.45) is 1.36. The van der Waals surface area contributed by atoms with Gasteiger partial charge in [0.2, 0.25) is 0 Å². The molecule has 0 aliphatic heterocycles. The van der Waals surface area contributed by atoms with Crippen molar-refractivity contribution in [1.82, 2.24) is 9.55 Å². The van der Waals surface area contributed by atoms with E-state index in [4.69, 9.17) is 10.7 Å². The zero-order valence-electron chi connectivity index (χ0n) is 9.47. The molecule has 18 heavy (non-hydrogen) atoms. The van der Waals surface area contributed by atoms with Gasteiger partial charge in [0, 0.05) is 23.4 Å². The van der Waals surface area contributed by atoms with E-state index in [0.29, 0.717) is 12.4 Å². The number of hydrogen-bond donors (Lipinski definition) is 0. The van der Waals surface area contributed by atoms with Crippen molar-refractivity contribution in [3.05, 3.63) is 47.7 Å². The number of hydrogen-bond acceptors (Lipinski definition) is 3. The molecule has 96 valence electrons.